The molecule has 0 spiro atoms. The molecule has 6 heteroatoms. The number of ether oxygens (including phenoxy) is 1. The van der Waals surface area contributed by atoms with Crippen LogP contribution >= 0.6 is 11.8 Å². The number of rotatable bonds is 5. The highest BCUT2D eigenvalue weighted by Gasteiger charge is 2.29. The number of methoxy groups -OCH3 is 1. The summed E-state index contributed by atoms with van der Waals surface area (Å²) in [7, 11) is 1.68. The van der Waals surface area contributed by atoms with Crippen molar-refractivity contribution >= 4 is 17.5 Å². The molecule has 4 rings (SSSR count). The monoisotopic (exact) mass is 385 g/mol. The van der Waals surface area contributed by atoms with Crippen molar-refractivity contribution in [1.82, 2.24) is 14.8 Å². The Morgan fingerprint density at radius 3 is 2.44 bits per heavy atom. The largest absolute Gasteiger partial charge is 0.497 e. The summed E-state index contributed by atoms with van der Waals surface area (Å²) in [5, 5.41) is 10.0. The number of carbonyl (C=O) groups excluding carboxylic acids is 1. The van der Waals surface area contributed by atoms with E-state index in [9.17, 15) is 4.79 Å². The van der Waals surface area contributed by atoms with Crippen LogP contribution < -0.4 is 4.74 Å². The minimum atomic E-state index is 0.0361. The molecular formula is C21H27N3O2S. The number of hydrogen-bond donors (Lipinski definition) is 0. The molecule has 0 radical (unpaired) electrons. The number of aromatic nitrogens is 3. The zero-order valence-corrected chi connectivity index (χ0v) is 16.7. The van der Waals surface area contributed by atoms with Crippen molar-refractivity contribution in [3.63, 3.8) is 0 Å². The molecule has 2 fully saturated rings. The summed E-state index contributed by atoms with van der Waals surface area (Å²) in [6.07, 6.45) is 9.95. The minimum absolute atomic E-state index is 0.0361. The minimum Gasteiger partial charge on any atom is -0.497 e. The average Bonchev–Trinajstić information content (AvgIpc) is 3.14. The molecule has 1 aromatic heterocycles. The van der Waals surface area contributed by atoms with Crippen molar-refractivity contribution in [3.8, 4) is 17.1 Å². The molecule has 27 heavy (non-hydrogen) atoms. The predicted octanol–water partition coefficient (Wildman–Crippen LogP) is 5.06. The molecule has 0 saturated heterocycles. The second-order valence-corrected chi connectivity index (χ2v) is 8.68. The van der Waals surface area contributed by atoms with Crippen LogP contribution in [0, 0.1) is 0 Å². The third kappa shape index (κ3) is 4.05. The Bertz CT molecular complexity index is 781. The molecule has 1 atom stereocenters. The summed E-state index contributed by atoms with van der Waals surface area (Å²) in [5.41, 5.74) is 1.05. The fourth-order valence-corrected chi connectivity index (χ4v) is 5.39. The first-order chi connectivity index (χ1) is 13.3. The summed E-state index contributed by atoms with van der Waals surface area (Å²) < 4.78 is 7.60. The van der Waals surface area contributed by atoms with Gasteiger partial charge in [-0.3, -0.25) is 9.36 Å². The van der Waals surface area contributed by atoms with Gasteiger partial charge in [-0.1, -0.05) is 37.4 Å². The first-order valence-electron chi connectivity index (χ1n) is 10.0. The van der Waals surface area contributed by atoms with Crippen molar-refractivity contribution in [3.05, 3.63) is 24.3 Å². The molecule has 0 N–H and O–H groups in total. The molecule has 1 aromatic carbocycles. The molecule has 0 aliphatic heterocycles. The van der Waals surface area contributed by atoms with Gasteiger partial charge in [0.2, 0.25) is 0 Å². The average molecular weight is 386 g/mol. The maximum Gasteiger partial charge on any atom is 0.192 e. The maximum absolute atomic E-state index is 12.3. The van der Waals surface area contributed by atoms with Crippen LogP contribution in [0.4, 0.5) is 0 Å². The fraction of sp³-hybridized carbons (Fsp3) is 0.571. The molecule has 0 bridgehead atoms. The van der Waals surface area contributed by atoms with Gasteiger partial charge in [0.1, 0.15) is 11.5 Å². The molecule has 2 aliphatic carbocycles. The Morgan fingerprint density at radius 2 is 1.74 bits per heavy atom. The van der Waals surface area contributed by atoms with Gasteiger partial charge < -0.3 is 4.74 Å². The van der Waals surface area contributed by atoms with E-state index in [0.29, 0.717) is 18.2 Å². The van der Waals surface area contributed by atoms with Crippen LogP contribution in [-0.4, -0.2) is 32.9 Å². The lowest BCUT2D eigenvalue weighted by atomic mass is 9.95. The lowest BCUT2D eigenvalue weighted by Crippen LogP contribution is -2.23. The van der Waals surface area contributed by atoms with Crippen LogP contribution in [0.5, 0.6) is 5.75 Å². The van der Waals surface area contributed by atoms with Crippen LogP contribution in [-0.2, 0) is 4.79 Å². The van der Waals surface area contributed by atoms with Gasteiger partial charge in [-0.25, -0.2) is 0 Å². The summed E-state index contributed by atoms with van der Waals surface area (Å²) in [4.78, 5) is 12.3. The molecule has 1 unspecified atom stereocenters. The summed E-state index contributed by atoms with van der Waals surface area (Å²) in [5.74, 6) is 2.12. The number of hydrogen-bond acceptors (Lipinski definition) is 5. The van der Waals surface area contributed by atoms with Gasteiger partial charge in [-0.2, -0.15) is 0 Å². The van der Waals surface area contributed by atoms with Crippen LogP contribution in [0.25, 0.3) is 11.4 Å². The summed E-state index contributed by atoms with van der Waals surface area (Å²) in [6, 6.07) is 8.44. The molecule has 144 valence electrons. The summed E-state index contributed by atoms with van der Waals surface area (Å²) >= 11 is 1.63. The molecule has 1 heterocycles. The van der Waals surface area contributed by atoms with Gasteiger partial charge in [0, 0.05) is 18.0 Å². The van der Waals surface area contributed by atoms with E-state index in [4.69, 9.17) is 4.74 Å². The summed E-state index contributed by atoms with van der Waals surface area (Å²) in [6.45, 7) is 0. The van der Waals surface area contributed by atoms with E-state index >= 15 is 0 Å². The second-order valence-electron chi connectivity index (χ2n) is 7.52. The maximum atomic E-state index is 12.3. The fourth-order valence-electron chi connectivity index (χ4n) is 4.17. The van der Waals surface area contributed by atoms with Crippen LogP contribution in [0.1, 0.15) is 63.8 Å². The topological polar surface area (TPSA) is 57.0 Å². The van der Waals surface area contributed by atoms with Gasteiger partial charge in [-0.15, -0.1) is 10.2 Å². The molecule has 2 aliphatic rings. The number of carbonyl (C=O) groups is 1. The van der Waals surface area contributed by atoms with Gasteiger partial charge in [-0.05, 0) is 49.9 Å². The van der Waals surface area contributed by atoms with Gasteiger partial charge in [0.25, 0.3) is 0 Å². The van der Waals surface area contributed by atoms with E-state index in [1.54, 1.807) is 18.9 Å². The van der Waals surface area contributed by atoms with Crippen molar-refractivity contribution in [2.75, 3.05) is 7.11 Å². The number of Topliss-reactive ketones (excluding diaryl/α,β-unsaturated/α-hetero) is 1. The highest BCUT2D eigenvalue weighted by atomic mass is 32.2. The van der Waals surface area contributed by atoms with E-state index < -0.39 is 0 Å². The zero-order valence-electron chi connectivity index (χ0n) is 15.9. The zero-order chi connectivity index (χ0) is 18.6. The van der Waals surface area contributed by atoms with Crippen molar-refractivity contribution in [1.29, 1.82) is 0 Å². The van der Waals surface area contributed by atoms with Crippen molar-refractivity contribution < 1.29 is 9.53 Å². The van der Waals surface area contributed by atoms with Gasteiger partial charge in [0.15, 0.2) is 11.0 Å². The number of nitrogens with zero attached hydrogens (tertiary/aromatic N) is 3. The predicted molar refractivity (Wildman–Crippen MR) is 107 cm³/mol. The lowest BCUT2D eigenvalue weighted by Gasteiger charge is -2.27. The van der Waals surface area contributed by atoms with E-state index in [-0.39, 0.29) is 5.25 Å². The van der Waals surface area contributed by atoms with Crippen LogP contribution in [0.3, 0.4) is 0 Å². The SMILES string of the molecule is COc1ccc(-c2nnc(SC3CCCCC3=O)n2C2CCCCC2)cc1. The molecule has 2 saturated carbocycles. The molecule has 5 nitrogen and oxygen atoms in total. The molecule has 2 aromatic rings. The van der Waals surface area contributed by atoms with Gasteiger partial charge >= 0.3 is 0 Å². The standard InChI is InChI=1S/C21H27N3O2S/c1-26-17-13-11-15(12-14-17)20-22-23-21(24(20)16-7-3-2-4-8-16)27-19-10-6-5-9-18(19)25/h11-14,16,19H,2-10H2,1H3. The Kier molecular flexibility index (Phi) is 5.81. The number of thioether (sulfide) groups is 1. The van der Waals surface area contributed by atoms with Crippen LogP contribution in [0.15, 0.2) is 29.4 Å². The number of ketones is 1. The third-order valence-corrected chi connectivity index (χ3v) is 6.97. The van der Waals surface area contributed by atoms with E-state index in [1.165, 1.54) is 19.3 Å². The van der Waals surface area contributed by atoms with E-state index in [2.05, 4.69) is 14.8 Å². The van der Waals surface area contributed by atoms with Gasteiger partial charge in [0.05, 0.1) is 12.4 Å². The van der Waals surface area contributed by atoms with E-state index in [0.717, 1.165) is 54.4 Å². The molecule has 0 amide bonds. The smallest absolute Gasteiger partial charge is 0.192 e. The Hall–Kier alpha value is -1.82. The molecular weight excluding hydrogens is 358 g/mol. The normalized spacial score (nSPS) is 21.4. The highest BCUT2D eigenvalue weighted by Crippen LogP contribution is 2.38. The van der Waals surface area contributed by atoms with Crippen molar-refractivity contribution in [2.45, 2.75) is 74.2 Å². The Labute approximate surface area is 164 Å². The first kappa shape index (κ1) is 18.5. The third-order valence-electron chi connectivity index (χ3n) is 5.70. The first-order valence-corrected chi connectivity index (χ1v) is 10.9. The quantitative estimate of drug-likeness (QED) is 0.720. The Balaban J connectivity index is 1.67. The van der Waals surface area contributed by atoms with E-state index in [1.807, 2.05) is 24.3 Å². The number of benzene rings is 1. The van der Waals surface area contributed by atoms with Crippen molar-refractivity contribution in [2.24, 2.45) is 0 Å². The Morgan fingerprint density at radius 1 is 1.00 bits per heavy atom. The van der Waals surface area contributed by atoms with Crippen LogP contribution in [0.2, 0.25) is 0 Å². The highest BCUT2D eigenvalue weighted by molar-refractivity contribution is 8.00. The lowest BCUT2D eigenvalue weighted by molar-refractivity contribution is -0.119. The second kappa shape index (κ2) is 8.46.